The van der Waals surface area contributed by atoms with Crippen LogP contribution >= 0.6 is 0 Å². The van der Waals surface area contributed by atoms with Gasteiger partial charge in [-0.2, -0.15) is 0 Å². The maximum Gasteiger partial charge on any atom is 0.325 e. The summed E-state index contributed by atoms with van der Waals surface area (Å²) in [6.07, 6.45) is 9.88. The van der Waals surface area contributed by atoms with Gasteiger partial charge in [0.2, 0.25) is 5.91 Å². The molecule has 4 amide bonds. The topological polar surface area (TPSA) is 97.0 Å². The Morgan fingerprint density at radius 1 is 1.03 bits per heavy atom. The summed E-state index contributed by atoms with van der Waals surface area (Å²) < 4.78 is 12.2. The molecule has 2 heterocycles. The molecule has 0 bridgehead atoms. The van der Waals surface area contributed by atoms with Crippen LogP contribution in [0.15, 0.2) is 18.2 Å². The number of imide groups is 1. The highest BCUT2D eigenvalue weighted by Crippen LogP contribution is 2.46. The molecule has 1 saturated heterocycles. The van der Waals surface area contributed by atoms with Gasteiger partial charge in [-0.1, -0.05) is 25.7 Å². The van der Waals surface area contributed by atoms with Gasteiger partial charge in [-0.15, -0.1) is 0 Å². The molecule has 1 spiro atoms. The normalized spacial score (nSPS) is 25.0. The lowest BCUT2D eigenvalue weighted by Gasteiger charge is -2.31. The Balaban J connectivity index is 1.19. The fourth-order valence-electron chi connectivity index (χ4n) is 5.24. The number of amides is 4. The molecule has 0 radical (unpaired) electrons. The van der Waals surface area contributed by atoms with Crippen LogP contribution in [-0.4, -0.2) is 40.6 Å². The van der Waals surface area contributed by atoms with E-state index in [1.54, 1.807) is 12.1 Å². The molecule has 2 saturated carbocycles. The van der Waals surface area contributed by atoms with Crippen LogP contribution in [0.25, 0.3) is 0 Å². The number of nitrogens with one attached hydrogen (secondary N) is 2. The molecule has 1 aromatic carbocycles. The molecule has 2 N–H and O–H groups in total. The van der Waals surface area contributed by atoms with E-state index in [0.717, 1.165) is 57.8 Å². The van der Waals surface area contributed by atoms with Gasteiger partial charge in [-0.05, 0) is 37.8 Å². The van der Waals surface area contributed by atoms with Gasteiger partial charge in [0.05, 0.1) is 6.42 Å². The SMILES string of the molecule is O=C(C[C@@H]1NC(=O)N(C2CCCCC2)C1=O)Nc1ccc2c(c1)OC1(CCCCC1)O2. The van der Waals surface area contributed by atoms with E-state index >= 15 is 0 Å². The number of rotatable bonds is 4. The minimum absolute atomic E-state index is 0.0460. The maximum absolute atomic E-state index is 12.8. The monoisotopic (exact) mass is 427 g/mol. The van der Waals surface area contributed by atoms with Crippen LogP contribution in [0.3, 0.4) is 0 Å². The van der Waals surface area contributed by atoms with Gasteiger partial charge in [-0.25, -0.2) is 4.79 Å². The van der Waals surface area contributed by atoms with Crippen LogP contribution in [0.1, 0.15) is 70.6 Å². The molecule has 1 atom stereocenters. The Bertz CT molecular complexity index is 889. The number of hydrogen-bond acceptors (Lipinski definition) is 5. The number of nitrogens with zero attached hydrogens (tertiary/aromatic N) is 1. The van der Waals surface area contributed by atoms with Crippen molar-refractivity contribution in [2.45, 2.75) is 88.5 Å². The van der Waals surface area contributed by atoms with Crippen LogP contribution in [0, 0.1) is 0 Å². The molecule has 0 aromatic heterocycles. The van der Waals surface area contributed by atoms with Crippen LogP contribution < -0.4 is 20.1 Å². The predicted octanol–water partition coefficient (Wildman–Crippen LogP) is 3.70. The quantitative estimate of drug-likeness (QED) is 0.714. The van der Waals surface area contributed by atoms with Gasteiger partial charge in [0.1, 0.15) is 6.04 Å². The minimum atomic E-state index is -0.811. The van der Waals surface area contributed by atoms with Crippen molar-refractivity contribution < 1.29 is 23.9 Å². The Labute approximate surface area is 181 Å². The van der Waals surface area contributed by atoms with E-state index in [-0.39, 0.29) is 30.3 Å². The number of ether oxygens (including phenoxy) is 2. The van der Waals surface area contributed by atoms with Gasteiger partial charge in [0, 0.05) is 30.6 Å². The zero-order chi connectivity index (χ0) is 21.4. The zero-order valence-corrected chi connectivity index (χ0v) is 17.7. The Morgan fingerprint density at radius 3 is 2.52 bits per heavy atom. The first-order valence-electron chi connectivity index (χ1n) is 11.5. The highest BCUT2D eigenvalue weighted by molar-refractivity contribution is 6.07. The second-order valence-corrected chi connectivity index (χ2v) is 9.09. The van der Waals surface area contributed by atoms with Crippen molar-refractivity contribution in [3.63, 3.8) is 0 Å². The third-order valence-corrected chi connectivity index (χ3v) is 6.82. The number of carbonyl (C=O) groups excluding carboxylic acids is 3. The average molecular weight is 428 g/mol. The minimum Gasteiger partial charge on any atom is -0.448 e. The number of urea groups is 1. The molecular formula is C23H29N3O5. The van der Waals surface area contributed by atoms with E-state index in [1.807, 2.05) is 6.07 Å². The molecule has 2 aliphatic heterocycles. The molecule has 0 unspecified atom stereocenters. The van der Waals surface area contributed by atoms with Crippen molar-refractivity contribution >= 4 is 23.5 Å². The van der Waals surface area contributed by atoms with Crippen molar-refractivity contribution in [2.75, 3.05) is 5.32 Å². The highest BCUT2D eigenvalue weighted by atomic mass is 16.7. The summed E-state index contributed by atoms with van der Waals surface area (Å²) >= 11 is 0. The molecule has 5 rings (SSSR count). The fraction of sp³-hybridized carbons (Fsp3) is 0.609. The maximum atomic E-state index is 12.8. The first kappa shape index (κ1) is 20.2. The number of carbonyl (C=O) groups is 3. The summed E-state index contributed by atoms with van der Waals surface area (Å²) in [4.78, 5) is 39.0. The molecule has 3 fully saturated rings. The summed E-state index contributed by atoms with van der Waals surface area (Å²) in [6.45, 7) is 0. The largest absolute Gasteiger partial charge is 0.448 e. The van der Waals surface area contributed by atoms with Crippen molar-refractivity contribution in [3.05, 3.63) is 18.2 Å². The molecule has 31 heavy (non-hydrogen) atoms. The Morgan fingerprint density at radius 2 is 1.74 bits per heavy atom. The van der Waals surface area contributed by atoms with Crippen LogP contribution in [0.4, 0.5) is 10.5 Å². The summed E-state index contributed by atoms with van der Waals surface area (Å²) in [5.74, 6) is 0.147. The standard InChI is InChI=1S/C23H29N3O5/c27-20(14-17-21(28)26(22(29)25-17)16-7-3-1-4-8-16)24-15-9-10-18-19(13-15)31-23(30-18)11-5-2-6-12-23/h9-10,13,16-17H,1-8,11-12,14H2,(H,24,27)(H,25,29)/t17-/m0/s1. The number of hydrogen-bond donors (Lipinski definition) is 2. The van der Waals surface area contributed by atoms with Gasteiger partial charge in [0.15, 0.2) is 11.5 Å². The van der Waals surface area contributed by atoms with Crippen LogP contribution in [0.5, 0.6) is 11.5 Å². The van der Waals surface area contributed by atoms with E-state index in [4.69, 9.17) is 9.47 Å². The lowest BCUT2D eigenvalue weighted by molar-refractivity contribution is -0.131. The summed E-state index contributed by atoms with van der Waals surface area (Å²) in [7, 11) is 0. The molecule has 4 aliphatic rings. The highest BCUT2D eigenvalue weighted by Gasteiger charge is 2.44. The predicted molar refractivity (Wildman–Crippen MR) is 113 cm³/mol. The second-order valence-electron chi connectivity index (χ2n) is 9.09. The first-order valence-corrected chi connectivity index (χ1v) is 11.5. The summed E-state index contributed by atoms with van der Waals surface area (Å²) in [5, 5.41) is 5.50. The van der Waals surface area contributed by atoms with Gasteiger partial charge >= 0.3 is 6.03 Å². The van der Waals surface area contributed by atoms with Crippen LogP contribution in [0.2, 0.25) is 0 Å². The van der Waals surface area contributed by atoms with Crippen molar-refractivity contribution in [1.82, 2.24) is 10.2 Å². The molecule has 8 heteroatoms. The molecule has 8 nitrogen and oxygen atoms in total. The number of benzene rings is 1. The van der Waals surface area contributed by atoms with E-state index in [0.29, 0.717) is 17.2 Å². The van der Waals surface area contributed by atoms with Gasteiger partial charge < -0.3 is 20.1 Å². The lowest BCUT2D eigenvalue weighted by Crippen LogP contribution is -2.42. The van der Waals surface area contributed by atoms with E-state index in [1.165, 1.54) is 11.3 Å². The van der Waals surface area contributed by atoms with E-state index in [9.17, 15) is 14.4 Å². The summed E-state index contributed by atoms with van der Waals surface area (Å²) in [5.41, 5.74) is 0.584. The van der Waals surface area contributed by atoms with Crippen molar-refractivity contribution in [3.8, 4) is 11.5 Å². The first-order chi connectivity index (χ1) is 15.0. The fourth-order valence-corrected chi connectivity index (χ4v) is 5.24. The van der Waals surface area contributed by atoms with E-state index in [2.05, 4.69) is 10.6 Å². The Hall–Kier alpha value is -2.77. The van der Waals surface area contributed by atoms with Crippen LogP contribution in [-0.2, 0) is 9.59 Å². The van der Waals surface area contributed by atoms with Crippen molar-refractivity contribution in [1.29, 1.82) is 0 Å². The average Bonchev–Trinajstić information content (AvgIpc) is 3.24. The van der Waals surface area contributed by atoms with Crippen molar-refractivity contribution in [2.24, 2.45) is 0 Å². The molecule has 1 aromatic rings. The number of fused-ring (bicyclic) bond motifs is 1. The van der Waals surface area contributed by atoms with Gasteiger partial charge in [-0.3, -0.25) is 14.5 Å². The molecular weight excluding hydrogens is 398 g/mol. The smallest absolute Gasteiger partial charge is 0.325 e. The molecule has 166 valence electrons. The lowest BCUT2D eigenvalue weighted by atomic mass is 9.94. The number of anilines is 1. The van der Waals surface area contributed by atoms with Gasteiger partial charge in [0.25, 0.3) is 11.7 Å². The third kappa shape index (κ3) is 3.95. The van der Waals surface area contributed by atoms with E-state index < -0.39 is 11.8 Å². The Kier molecular flexibility index (Phi) is 5.24. The summed E-state index contributed by atoms with van der Waals surface area (Å²) in [6, 6.07) is 4.10. The molecule has 2 aliphatic carbocycles. The zero-order valence-electron chi connectivity index (χ0n) is 17.7. The second kappa shape index (κ2) is 8.05. The third-order valence-electron chi connectivity index (χ3n) is 6.82.